The lowest BCUT2D eigenvalue weighted by Gasteiger charge is -2.23. The predicted octanol–water partition coefficient (Wildman–Crippen LogP) is 13.7. The summed E-state index contributed by atoms with van der Waals surface area (Å²) in [6, 6.07) is -0.860. The van der Waals surface area contributed by atoms with E-state index in [1.165, 1.54) is 180 Å². The summed E-state index contributed by atoms with van der Waals surface area (Å²) in [6.45, 7) is 4.16. The SMILES string of the molecule is CCCCCCCCC/C=C\CCCCCCCCCC(=O)NC(COP(=O)(O)OCCN)C(O)/C=C/CCCCCCCCCCCCCCCCCCC. The second kappa shape index (κ2) is 43.6. The first-order valence-electron chi connectivity index (χ1n) is 24.0. The van der Waals surface area contributed by atoms with Crippen molar-refractivity contribution >= 4 is 13.7 Å². The summed E-state index contributed by atoms with van der Waals surface area (Å²) < 4.78 is 22.2. The highest BCUT2D eigenvalue weighted by atomic mass is 31.2. The molecule has 9 heteroatoms. The number of hydrogen-bond acceptors (Lipinski definition) is 6. The van der Waals surface area contributed by atoms with E-state index in [0.717, 1.165) is 38.5 Å². The van der Waals surface area contributed by atoms with E-state index in [2.05, 4.69) is 31.3 Å². The van der Waals surface area contributed by atoms with Crippen molar-refractivity contribution in [2.45, 2.75) is 251 Å². The molecule has 1 amide bonds. The number of amides is 1. The van der Waals surface area contributed by atoms with Crippen LogP contribution in [-0.2, 0) is 18.4 Å². The van der Waals surface area contributed by atoms with E-state index in [1.807, 2.05) is 6.08 Å². The summed E-state index contributed by atoms with van der Waals surface area (Å²) in [6.07, 6.45) is 50.8. The van der Waals surface area contributed by atoms with Gasteiger partial charge in [-0.05, 0) is 44.9 Å². The molecule has 3 atom stereocenters. The quantitative estimate of drug-likeness (QED) is 0.0273. The van der Waals surface area contributed by atoms with Crippen molar-refractivity contribution in [1.82, 2.24) is 5.32 Å². The molecule has 56 heavy (non-hydrogen) atoms. The average molecular weight is 813 g/mol. The van der Waals surface area contributed by atoms with Gasteiger partial charge in [-0.3, -0.25) is 13.8 Å². The van der Waals surface area contributed by atoms with Crippen molar-refractivity contribution in [3.05, 3.63) is 24.3 Å². The molecule has 0 spiro atoms. The Morgan fingerprint density at radius 2 is 0.929 bits per heavy atom. The molecule has 0 aliphatic rings. The zero-order valence-electron chi connectivity index (χ0n) is 36.9. The number of hydrogen-bond donors (Lipinski definition) is 4. The Hall–Kier alpha value is -1.02. The van der Waals surface area contributed by atoms with Crippen LogP contribution in [0.2, 0.25) is 0 Å². The summed E-state index contributed by atoms with van der Waals surface area (Å²) >= 11 is 0. The molecule has 0 aromatic rings. The van der Waals surface area contributed by atoms with Crippen LogP contribution in [0, 0.1) is 0 Å². The molecular formula is C47H93N2O6P. The van der Waals surface area contributed by atoms with Crippen LogP contribution in [0.15, 0.2) is 24.3 Å². The van der Waals surface area contributed by atoms with Crippen LogP contribution in [0.5, 0.6) is 0 Å². The van der Waals surface area contributed by atoms with Gasteiger partial charge in [0, 0.05) is 13.0 Å². The fraction of sp³-hybridized carbons (Fsp3) is 0.894. The highest BCUT2D eigenvalue weighted by molar-refractivity contribution is 7.47. The molecule has 5 N–H and O–H groups in total. The van der Waals surface area contributed by atoms with E-state index < -0.39 is 20.0 Å². The second-order valence-electron chi connectivity index (χ2n) is 16.3. The Balaban J connectivity index is 4.15. The lowest BCUT2D eigenvalue weighted by Crippen LogP contribution is -2.45. The maximum Gasteiger partial charge on any atom is 0.472 e. The van der Waals surface area contributed by atoms with Gasteiger partial charge in [0.25, 0.3) is 0 Å². The van der Waals surface area contributed by atoms with E-state index >= 15 is 0 Å². The van der Waals surface area contributed by atoms with Gasteiger partial charge < -0.3 is 21.1 Å². The summed E-state index contributed by atoms with van der Waals surface area (Å²) in [5.74, 6) is -0.196. The van der Waals surface area contributed by atoms with Crippen molar-refractivity contribution in [3.63, 3.8) is 0 Å². The maximum absolute atomic E-state index is 12.8. The van der Waals surface area contributed by atoms with E-state index in [4.69, 9.17) is 14.8 Å². The number of rotatable bonds is 45. The van der Waals surface area contributed by atoms with Gasteiger partial charge in [0.05, 0.1) is 25.4 Å². The van der Waals surface area contributed by atoms with Crippen LogP contribution in [0.3, 0.4) is 0 Å². The molecule has 0 aromatic heterocycles. The van der Waals surface area contributed by atoms with E-state index in [-0.39, 0.29) is 25.7 Å². The van der Waals surface area contributed by atoms with Gasteiger partial charge >= 0.3 is 7.82 Å². The summed E-state index contributed by atoms with van der Waals surface area (Å²) in [5.41, 5.74) is 5.38. The number of aliphatic hydroxyl groups excluding tert-OH is 1. The molecular weight excluding hydrogens is 719 g/mol. The number of aliphatic hydroxyl groups is 1. The first kappa shape index (κ1) is 55.0. The third-order valence-electron chi connectivity index (χ3n) is 10.8. The third kappa shape index (κ3) is 41.2. The number of nitrogens with two attached hydrogens (primary N) is 1. The van der Waals surface area contributed by atoms with Gasteiger partial charge in [-0.2, -0.15) is 0 Å². The molecule has 0 aliphatic carbocycles. The zero-order valence-corrected chi connectivity index (χ0v) is 37.8. The molecule has 0 saturated carbocycles. The molecule has 0 bridgehead atoms. The predicted molar refractivity (Wildman–Crippen MR) is 240 cm³/mol. The number of allylic oxidation sites excluding steroid dienone is 3. The van der Waals surface area contributed by atoms with Gasteiger partial charge in [0.2, 0.25) is 5.91 Å². The Labute approximate surface area is 347 Å². The number of nitrogens with one attached hydrogen (secondary N) is 1. The standard InChI is InChI=1S/C47H93N2O6P/c1-3-5-7-9-11-13-15-17-19-21-23-24-26-28-30-32-34-36-38-40-46(50)45(44-55-56(52,53)54-43-42-48)49-47(51)41-39-37-35-33-31-29-27-25-22-20-18-16-14-12-10-8-6-4-2/h20,22,38,40,45-46,50H,3-19,21,23-37,39,41-44,48H2,1-2H3,(H,49,51)(H,52,53)/b22-20-,40-38+. The fourth-order valence-corrected chi connectivity index (χ4v) is 7.89. The van der Waals surface area contributed by atoms with Crippen molar-refractivity contribution in [2.75, 3.05) is 19.8 Å². The topological polar surface area (TPSA) is 131 Å². The Bertz CT molecular complexity index is 932. The molecule has 0 aliphatic heterocycles. The molecule has 0 radical (unpaired) electrons. The second-order valence-corrected chi connectivity index (χ2v) is 17.8. The fourth-order valence-electron chi connectivity index (χ4n) is 7.13. The molecule has 8 nitrogen and oxygen atoms in total. The highest BCUT2D eigenvalue weighted by Crippen LogP contribution is 2.43. The molecule has 0 saturated heterocycles. The summed E-state index contributed by atoms with van der Waals surface area (Å²) in [7, 11) is -4.34. The number of phosphoric ester groups is 1. The minimum atomic E-state index is -4.34. The van der Waals surface area contributed by atoms with Crippen molar-refractivity contribution < 1.29 is 28.4 Å². The third-order valence-corrected chi connectivity index (χ3v) is 11.8. The molecule has 0 aromatic carbocycles. The van der Waals surface area contributed by atoms with Crippen LogP contribution in [0.4, 0.5) is 0 Å². The smallest absolute Gasteiger partial charge is 0.387 e. The number of unbranched alkanes of at least 4 members (excludes halogenated alkanes) is 31. The molecule has 0 rings (SSSR count). The van der Waals surface area contributed by atoms with Crippen LogP contribution in [0.1, 0.15) is 239 Å². The molecule has 332 valence electrons. The minimum absolute atomic E-state index is 0.0790. The normalized spacial score (nSPS) is 14.2. The largest absolute Gasteiger partial charge is 0.472 e. The lowest BCUT2D eigenvalue weighted by atomic mass is 10.0. The Morgan fingerprint density at radius 1 is 0.571 bits per heavy atom. The van der Waals surface area contributed by atoms with E-state index in [9.17, 15) is 19.4 Å². The number of carbonyl (C=O) groups is 1. The molecule has 3 unspecified atom stereocenters. The minimum Gasteiger partial charge on any atom is -0.387 e. The van der Waals surface area contributed by atoms with Crippen molar-refractivity contribution in [2.24, 2.45) is 5.73 Å². The van der Waals surface area contributed by atoms with Gasteiger partial charge in [-0.25, -0.2) is 4.57 Å². The van der Waals surface area contributed by atoms with Gasteiger partial charge in [-0.1, -0.05) is 212 Å². The zero-order chi connectivity index (χ0) is 41.1. The van der Waals surface area contributed by atoms with Gasteiger partial charge in [-0.15, -0.1) is 0 Å². The number of carbonyl (C=O) groups excluding carboxylic acids is 1. The van der Waals surface area contributed by atoms with Gasteiger partial charge in [0.15, 0.2) is 0 Å². The first-order valence-corrected chi connectivity index (χ1v) is 25.5. The lowest BCUT2D eigenvalue weighted by molar-refractivity contribution is -0.123. The molecule has 0 heterocycles. The average Bonchev–Trinajstić information content (AvgIpc) is 3.19. The Morgan fingerprint density at radius 3 is 1.32 bits per heavy atom. The van der Waals surface area contributed by atoms with Crippen molar-refractivity contribution in [1.29, 1.82) is 0 Å². The van der Waals surface area contributed by atoms with Crippen molar-refractivity contribution in [3.8, 4) is 0 Å². The van der Waals surface area contributed by atoms with Crippen LogP contribution in [-0.4, -0.2) is 47.8 Å². The highest BCUT2D eigenvalue weighted by Gasteiger charge is 2.26. The summed E-state index contributed by atoms with van der Waals surface area (Å²) in [4.78, 5) is 22.8. The Kier molecular flexibility index (Phi) is 42.8. The first-order chi connectivity index (χ1) is 27.4. The van der Waals surface area contributed by atoms with E-state index in [1.54, 1.807) is 6.08 Å². The van der Waals surface area contributed by atoms with Crippen LogP contribution < -0.4 is 11.1 Å². The van der Waals surface area contributed by atoms with Crippen LogP contribution in [0.25, 0.3) is 0 Å². The monoisotopic (exact) mass is 813 g/mol. The number of phosphoric acid groups is 1. The van der Waals surface area contributed by atoms with E-state index in [0.29, 0.717) is 6.42 Å². The van der Waals surface area contributed by atoms with Gasteiger partial charge in [0.1, 0.15) is 0 Å². The molecule has 0 fully saturated rings. The summed E-state index contributed by atoms with van der Waals surface area (Å²) in [5, 5.41) is 13.7. The van der Waals surface area contributed by atoms with Crippen LogP contribution >= 0.6 is 7.82 Å². The maximum atomic E-state index is 12.8.